The van der Waals surface area contributed by atoms with Crippen LogP contribution in [0.15, 0.2) is 54.6 Å². The molecule has 29 heavy (non-hydrogen) atoms. The Labute approximate surface area is 168 Å². The minimum absolute atomic E-state index is 0.220. The monoisotopic (exact) mass is 391 g/mol. The van der Waals surface area contributed by atoms with Crippen LogP contribution in [0.25, 0.3) is 0 Å². The van der Waals surface area contributed by atoms with Crippen molar-refractivity contribution in [3.05, 3.63) is 71.3 Å². The first kappa shape index (κ1) is 18.9. The van der Waals surface area contributed by atoms with Gasteiger partial charge in [-0.15, -0.1) is 0 Å². The fourth-order valence-corrected chi connectivity index (χ4v) is 3.85. The number of hydrogen-bond donors (Lipinski definition) is 1. The van der Waals surface area contributed by atoms with E-state index in [9.17, 15) is 19.2 Å². The molecule has 0 saturated carbocycles. The van der Waals surface area contributed by atoms with Gasteiger partial charge < -0.3 is 10.2 Å². The highest BCUT2D eigenvalue weighted by molar-refractivity contribution is 6.22. The lowest BCUT2D eigenvalue weighted by Gasteiger charge is -2.25. The number of benzene rings is 2. The lowest BCUT2D eigenvalue weighted by Crippen LogP contribution is -2.49. The third kappa shape index (κ3) is 3.63. The van der Waals surface area contributed by atoms with Crippen LogP contribution >= 0.6 is 0 Å². The van der Waals surface area contributed by atoms with Gasteiger partial charge in [0, 0.05) is 13.1 Å². The van der Waals surface area contributed by atoms with E-state index in [1.54, 1.807) is 24.3 Å². The molecule has 4 rings (SSSR count). The Bertz CT molecular complexity index is 938. The number of likely N-dealkylation sites (tertiary alicyclic amines) is 1. The predicted octanol–water partition coefficient (Wildman–Crippen LogP) is 1.59. The summed E-state index contributed by atoms with van der Waals surface area (Å²) in [7, 11) is 0. The van der Waals surface area contributed by atoms with Gasteiger partial charge >= 0.3 is 0 Å². The summed E-state index contributed by atoms with van der Waals surface area (Å²) in [5, 5.41) is 2.87. The number of amides is 4. The number of rotatable bonds is 5. The van der Waals surface area contributed by atoms with Gasteiger partial charge in [0.25, 0.3) is 11.8 Å². The number of nitrogens with one attached hydrogen (secondary N) is 1. The summed E-state index contributed by atoms with van der Waals surface area (Å²) >= 11 is 0. The molecule has 1 saturated heterocycles. The maximum Gasteiger partial charge on any atom is 0.262 e. The second-order valence-electron chi connectivity index (χ2n) is 7.19. The number of carbonyl (C=O) groups is 4. The largest absolute Gasteiger partial charge is 0.350 e. The van der Waals surface area contributed by atoms with Gasteiger partial charge in [0.15, 0.2) is 0 Å². The van der Waals surface area contributed by atoms with Crippen molar-refractivity contribution in [3.8, 4) is 0 Å². The molecule has 0 aromatic heterocycles. The Balaban J connectivity index is 1.40. The number of carbonyl (C=O) groups excluding carboxylic acids is 4. The first-order chi connectivity index (χ1) is 14.1. The third-order valence-corrected chi connectivity index (χ3v) is 5.36. The molecular formula is C22H21N3O4. The minimum atomic E-state index is -0.582. The van der Waals surface area contributed by atoms with Crippen LogP contribution in [0.5, 0.6) is 0 Å². The number of imide groups is 1. The van der Waals surface area contributed by atoms with E-state index in [0.29, 0.717) is 37.1 Å². The van der Waals surface area contributed by atoms with Gasteiger partial charge in [0.1, 0.15) is 12.6 Å². The van der Waals surface area contributed by atoms with E-state index in [-0.39, 0.29) is 12.5 Å². The second-order valence-corrected chi connectivity index (χ2v) is 7.19. The Morgan fingerprint density at radius 3 is 2.21 bits per heavy atom. The zero-order valence-electron chi connectivity index (χ0n) is 15.8. The summed E-state index contributed by atoms with van der Waals surface area (Å²) in [6.07, 6.45) is 1.27. The molecule has 7 nitrogen and oxygen atoms in total. The average molecular weight is 391 g/mol. The quantitative estimate of drug-likeness (QED) is 0.785. The molecule has 2 aromatic rings. The van der Waals surface area contributed by atoms with Crippen molar-refractivity contribution >= 4 is 23.6 Å². The first-order valence-corrected chi connectivity index (χ1v) is 9.62. The van der Waals surface area contributed by atoms with Gasteiger partial charge in [-0.05, 0) is 30.5 Å². The third-order valence-electron chi connectivity index (χ3n) is 5.36. The van der Waals surface area contributed by atoms with E-state index in [2.05, 4.69) is 5.32 Å². The normalized spacial score (nSPS) is 18.1. The highest BCUT2D eigenvalue weighted by Crippen LogP contribution is 2.24. The van der Waals surface area contributed by atoms with E-state index in [1.165, 1.54) is 4.90 Å². The van der Waals surface area contributed by atoms with E-state index in [0.717, 1.165) is 10.5 Å². The molecule has 7 heteroatoms. The van der Waals surface area contributed by atoms with E-state index in [4.69, 9.17) is 0 Å². The standard InChI is InChI=1S/C22H21N3O4/c26-19(14-25-21(28)16-9-4-5-10-17(16)22(25)29)24-12-6-11-18(24)20(27)23-13-15-7-2-1-3-8-15/h1-5,7-10,18H,6,11-14H2,(H,23,27)/t18-/m0/s1. The molecule has 1 atom stereocenters. The second kappa shape index (κ2) is 7.87. The topological polar surface area (TPSA) is 86.8 Å². The zero-order chi connectivity index (χ0) is 20.4. The predicted molar refractivity (Wildman–Crippen MR) is 105 cm³/mol. The molecule has 2 aliphatic heterocycles. The SMILES string of the molecule is O=C(NCc1ccccc1)[C@@H]1CCCN1C(=O)CN1C(=O)c2ccccc2C1=O. The molecular weight excluding hydrogens is 370 g/mol. The summed E-state index contributed by atoms with van der Waals surface area (Å²) in [6.45, 7) is 0.469. The molecule has 2 aromatic carbocycles. The van der Waals surface area contributed by atoms with Crippen LogP contribution in [0.2, 0.25) is 0 Å². The molecule has 4 amide bonds. The van der Waals surface area contributed by atoms with Gasteiger partial charge in [0.2, 0.25) is 11.8 Å². The van der Waals surface area contributed by atoms with Crippen LogP contribution < -0.4 is 5.32 Å². The molecule has 0 bridgehead atoms. The molecule has 1 fully saturated rings. The van der Waals surface area contributed by atoms with Crippen molar-refractivity contribution in [2.45, 2.75) is 25.4 Å². The lowest BCUT2D eigenvalue weighted by atomic mass is 10.1. The van der Waals surface area contributed by atoms with Crippen molar-refractivity contribution in [1.29, 1.82) is 0 Å². The fourth-order valence-electron chi connectivity index (χ4n) is 3.85. The van der Waals surface area contributed by atoms with Crippen molar-refractivity contribution in [2.75, 3.05) is 13.1 Å². The van der Waals surface area contributed by atoms with Crippen molar-refractivity contribution < 1.29 is 19.2 Å². The minimum Gasteiger partial charge on any atom is -0.350 e. The van der Waals surface area contributed by atoms with Crippen LogP contribution in [0.3, 0.4) is 0 Å². The van der Waals surface area contributed by atoms with Crippen LogP contribution in [0, 0.1) is 0 Å². The average Bonchev–Trinajstić information content (AvgIpc) is 3.33. The molecule has 0 unspecified atom stereocenters. The van der Waals surface area contributed by atoms with Gasteiger partial charge in [-0.2, -0.15) is 0 Å². The highest BCUT2D eigenvalue weighted by atomic mass is 16.2. The van der Waals surface area contributed by atoms with E-state index < -0.39 is 23.8 Å². The summed E-state index contributed by atoms with van der Waals surface area (Å²) in [5.74, 6) is -1.55. The molecule has 1 N–H and O–H groups in total. The molecule has 0 spiro atoms. The summed E-state index contributed by atoms with van der Waals surface area (Å²) in [5.41, 5.74) is 1.59. The Hall–Kier alpha value is -3.48. The van der Waals surface area contributed by atoms with Crippen LogP contribution in [-0.2, 0) is 16.1 Å². The number of nitrogens with zero attached hydrogens (tertiary/aromatic N) is 2. The molecule has 148 valence electrons. The van der Waals surface area contributed by atoms with Crippen molar-refractivity contribution in [2.24, 2.45) is 0 Å². The van der Waals surface area contributed by atoms with Crippen LogP contribution in [0.1, 0.15) is 39.1 Å². The van der Waals surface area contributed by atoms with E-state index >= 15 is 0 Å². The van der Waals surface area contributed by atoms with Crippen LogP contribution in [-0.4, -0.2) is 52.6 Å². The highest BCUT2D eigenvalue weighted by Gasteiger charge is 2.40. The molecule has 0 aliphatic carbocycles. The molecule has 0 radical (unpaired) electrons. The number of hydrogen-bond acceptors (Lipinski definition) is 4. The summed E-state index contributed by atoms with van der Waals surface area (Å²) < 4.78 is 0. The summed E-state index contributed by atoms with van der Waals surface area (Å²) in [4.78, 5) is 52.9. The maximum atomic E-state index is 12.8. The Morgan fingerprint density at radius 1 is 0.931 bits per heavy atom. The lowest BCUT2D eigenvalue weighted by molar-refractivity contribution is -0.138. The first-order valence-electron chi connectivity index (χ1n) is 9.62. The fraction of sp³-hybridized carbons (Fsp3) is 0.273. The van der Waals surface area contributed by atoms with Gasteiger partial charge in [-0.3, -0.25) is 24.1 Å². The summed E-state index contributed by atoms with van der Waals surface area (Å²) in [6, 6.07) is 15.5. The smallest absolute Gasteiger partial charge is 0.262 e. The van der Waals surface area contributed by atoms with Crippen LogP contribution in [0.4, 0.5) is 0 Å². The number of fused-ring (bicyclic) bond motifs is 1. The Kier molecular flexibility index (Phi) is 5.12. The maximum absolute atomic E-state index is 12.8. The van der Waals surface area contributed by atoms with Gasteiger partial charge in [-0.1, -0.05) is 42.5 Å². The van der Waals surface area contributed by atoms with Crippen molar-refractivity contribution in [1.82, 2.24) is 15.1 Å². The van der Waals surface area contributed by atoms with E-state index in [1.807, 2.05) is 30.3 Å². The molecule has 2 heterocycles. The van der Waals surface area contributed by atoms with Gasteiger partial charge in [0.05, 0.1) is 11.1 Å². The van der Waals surface area contributed by atoms with Crippen molar-refractivity contribution in [3.63, 3.8) is 0 Å². The molecule has 2 aliphatic rings. The Morgan fingerprint density at radius 2 is 1.55 bits per heavy atom. The zero-order valence-corrected chi connectivity index (χ0v) is 15.8. The van der Waals surface area contributed by atoms with Gasteiger partial charge in [-0.25, -0.2) is 0 Å².